The molecule has 1 atom stereocenters. The number of methoxy groups -OCH3 is 1. The van der Waals surface area contributed by atoms with Crippen LogP contribution in [0.4, 0.5) is 22.0 Å². The van der Waals surface area contributed by atoms with Crippen molar-refractivity contribution in [3.05, 3.63) is 65.2 Å². The van der Waals surface area contributed by atoms with Crippen LogP contribution in [0.3, 0.4) is 0 Å². The zero-order valence-electron chi connectivity index (χ0n) is 20.7. The van der Waals surface area contributed by atoms with Crippen molar-refractivity contribution < 1.29 is 45.9 Å². The maximum atomic E-state index is 14.0. The van der Waals surface area contributed by atoms with Crippen molar-refractivity contribution >= 4 is 17.6 Å². The second-order valence-corrected chi connectivity index (χ2v) is 8.10. The van der Waals surface area contributed by atoms with E-state index in [0.717, 1.165) is 22.9 Å². The number of halogens is 5. The second kappa shape index (κ2) is 13.8. The standard InChI is InChI=1S/C25H28F5N3O5/c1-3-16-5-4-6-17(13-16)11-12-33-38-21(18-7-9-19(37-2)10-8-18)22(35)31-14-20(34)25(29,30)23(36)32-15-24(26,27)28/h4-10,13,21,33H,3,11-12,14-15H2,1-2H3,(H,31,35)(H,32,36). The number of nitrogens with one attached hydrogen (secondary N) is 3. The Morgan fingerprint density at radius 3 is 2.21 bits per heavy atom. The molecule has 3 N–H and O–H groups in total. The lowest BCUT2D eigenvalue weighted by Crippen LogP contribution is -2.51. The molecule has 0 aromatic heterocycles. The summed E-state index contributed by atoms with van der Waals surface area (Å²) in [4.78, 5) is 41.5. The molecule has 0 heterocycles. The molecule has 0 saturated heterocycles. The Balaban J connectivity index is 2.02. The van der Waals surface area contributed by atoms with E-state index in [-0.39, 0.29) is 12.1 Å². The van der Waals surface area contributed by atoms with Crippen molar-refractivity contribution in [2.45, 2.75) is 38.0 Å². The third-order valence-corrected chi connectivity index (χ3v) is 5.28. The first-order chi connectivity index (χ1) is 17.9. The van der Waals surface area contributed by atoms with Crippen LogP contribution in [0.2, 0.25) is 0 Å². The van der Waals surface area contributed by atoms with E-state index in [2.05, 4.69) is 5.48 Å². The maximum Gasteiger partial charge on any atom is 0.405 e. The van der Waals surface area contributed by atoms with Crippen LogP contribution in [0.15, 0.2) is 48.5 Å². The van der Waals surface area contributed by atoms with Crippen LogP contribution < -0.4 is 20.9 Å². The number of Topliss-reactive ketones (excluding diaryl/α,β-unsaturated/α-hetero) is 1. The van der Waals surface area contributed by atoms with Crippen molar-refractivity contribution in [3.63, 3.8) is 0 Å². The molecule has 13 heteroatoms. The number of carbonyl (C=O) groups excluding carboxylic acids is 3. The molecule has 2 aromatic carbocycles. The van der Waals surface area contributed by atoms with Gasteiger partial charge in [0.2, 0.25) is 5.78 Å². The van der Waals surface area contributed by atoms with Crippen LogP contribution in [0.25, 0.3) is 0 Å². The van der Waals surface area contributed by atoms with Crippen molar-refractivity contribution in [3.8, 4) is 5.75 Å². The van der Waals surface area contributed by atoms with Gasteiger partial charge in [-0.25, -0.2) is 5.48 Å². The van der Waals surface area contributed by atoms with Gasteiger partial charge in [-0.3, -0.25) is 19.2 Å². The monoisotopic (exact) mass is 545 g/mol. The Hall–Kier alpha value is -3.58. The summed E-state index contributed by atoms with van der Waals surface area (Å²) in [5, 5.41) is 2.90. The molecule has 0 bridgehead atoms. The minimum absolute atomic E-state index is 0.281. The number of benzene rings is 2. The quantitative estimate of drug-likeness (QED) is 0.146. The van der Waals surface area contributed by atoms with Gasteiger partial charge in [0, 0.05) is 6.54 Å². The van der Waals surface area contributed by atoms with Crippen molar-refractivity contribution in [2.75, 3.05) is 26.7 Å². The number of alkyl halides is 5. The van der Waals surface area contributed by atoms with E-state index in [1.807, 2.05) is 36.5 Å². The fraction of sp³-hybridized carbons (Fsp3) is 0.400. The van der Waals surface area contributed by atoms with Crippen LogP contribution in [-0.2, 0) is 32.1 Å². The Morgan fingerprint density at radius 2 is 1.61 bits per heavy atom. The molecular weight excluding hydrogens is 517 g/mol. The summed E-state index contributed by atoms with van der Waals surface area (Å²) in [5.74, 6) is -9.85. The molecule has 0 radical (unpaired) electrons. The predicted molar refractivity (Wildman–Crippen MR) is 126 cm³/mol. The van der Waals surface area contributed by atoms with Crippen LogP contribution >= 0.6 is 0 Å². The molecule has 208 valence electrons. The zero-order chi connectivity index (χ0) is 28.3. The van der Waals surface area contributed by atoms with Gasteiger partial charge in [0.1, 0.15) is 12.3 Å². The topological polar surface area (TPSA) is 106 Å². The summed E-state index contributed by atoms with van der Waals surface area (Å²) in [5.41, 5.74) is 5.10. The van der Waals surface area contributed by atoms with Crippen molar-refractivity contribution in [2.24, 2.45) is 0 Å². The molecule has 8 nitrogen and oxygen atoms in total. The number of hydrogen-bond donors (Lipinski definition) is 3. The van der Waals surface area contributed by atoms with Gasteiger partial charge in [0.05, 0.1) is 13.7 Å². The van der Waals surface area contributed by atoms with Gasteiger partial charge in [-0.15, -0.1) is 0 Å². The third kappa shape index (κ3) is 9.38. The maximum absolute atomic E-state index is 14.0. The Morgan fingerprint density at radius 1 is 0.947 bits per heavy atom. The summed E-state index contributed by atoms with van der Waals surface area (Å²) in [6.07, 6.45) is -4.94. The number of hydrogen-bond acceptors (Lipinski definition) is 6. The SMILES string of the molecule is CCc1cccc(CCNOC(C(=O)NCC(=O)C(F)(F)C(=O)NCC(F)(F)F)c2ccc(OC)cc2)c1. The molecule has 2 amide bonds. The lowest BCUT2D eigenvalue weighted by atomic mass is 10.1. The largest absolute Gasteiger partial charge is 0.497 e. The number of ether oxygens (including phenoxy) is 1. The van der Waals surface area contributed by atoms with Gasteiger partial charge in [0.15, 0.2) is 6.10 Å². The summed E-state index contributed by atoms with van der Waals surface area (Å²) in [6, 6.07) is 13.9. The molecule has 0 aliphatic rings. The number of hydroxylamine groups is 1. The third-order valence-electron chi connectivity index (χ3n) is 5.28. The smallest absolute Gasteiger partial charge is 0.405 e. The molecule has 0 fully saturated rings. The first-order valence-electron chi connectivity index (χ1n) is 11.5. The molecule has 2 aromatic rings. The molecule has 0 aliphatic carbocycles. The van der Waals surface area contributed by atoms with Crippen LogP contribution in [0, 0.1) is 0 Å². The zero-order valence-corrected chi connectivity index (χ0v) is 20.7. The number of carbonyl (C=O) groups is 3. The van der Waals surface area contributed by atoms with E-state index in [0.29, 0.717) is 12.2 Å². The Kier molecular flexibility index (Phi) is 11.1. The molecule has 2 rings (SSSR count). The van der Waals surface area contributed by atoms with E-state index in [1.54, 1.807) is 0 Å². The number of amides is 2. The van der Waals surface area contributed by atoms with Crippen molar-refractivity contribution in [1.82, 2.24) is 16.1 Å². The predicted octanol–water partition coefficient (Wildman–Crippen LogP) is 3.06. The second-order valence-electron chi connectivity index (χ2n) is 8.10. The highest BCUT2D eigenvalue weighted by Gasteiger charge is 2.47. The van der Waals surface area contributed by atoms with Gasteiger partial charge < -0.3 is 15.4 Å². The summed E-state index contributed by atoms with van der Waals surface area (Å²) in [6.45, 7) is -1.06. The highest BCUT2D eigenvalue weighted by atomic mass is 19.4. The fourth-order valence-corrected chi connectivity index (χ4v) is 3.18. The fourth-order valence-electron chi connectivity index (χ4n) is 3.18. The van der Waals surface area contributed by atoms with Crippen LogP contribution in [0.1, 0.15) is 29.7 Å². The number of aryl methyl sites for hydroxylation is 1. The Bertz CT molecular complexity index is 1090. The first-order valence-corrected chi connectivity index (χ1v) is 11.5. The van der Waals surface area contributed by atoms with Gasteiger partial charge in [0.25, 0.3) is 11.8 Å². The molecule has 0 saturated carbocycles. The molecular formula is C25H28F5N3O5. The molecule has 1 unspecified atom stereocenters. The van der Waals surface area contributed by atoms with Crippen LogP contribution in [0.5, 0.6) is 5.75 Å². The Labute approximate surface area is 215 Å². The van der Waals surface area contributed by atoms with E-state index in [9.17, 15) is 36.3 Å². The number of rotatable bonds is 14. The first kappa shape index (κ1) is 30.6. The van der Waals surface area contributed by atoms with E-state index >= 15 is 0 Å². The highest BCUT2D eigenvalue weighted by Crippen LogP contribution is 2.21. The average Bonchev–Trinajstić information content (AvgIpc) is 2.89. The minimum Gasteiger partial charge on any atom is -0.497 e. The van der Waals surface area contributed by atoms with E-state index < -0.39 is 48.9 Å². The highest BCUT2D eigenvalue weighted by molar-refractivity contribution is 6.09. The molecule has 0 spiro atoms. The normalized spacial score (nSPS) is 12.5. The van der Waals surface area contributed by atoms with Crippen molar-refractivity contribution in [1.29, 1.82) is 0 Å². The van der Waals surface area contributed by atoms with E-state index in [4.69, 9.17) is 9.57 Å². The lowest BCUT2D eigenvalue weighted by Gasteiger charge is -2.20. The van der Waals surface area contributed by atoms with Gasteiger partial charge in [-0.2, -0.15) is 22.0 Å². The summed E-state index contributed by atoms with van der Waals surface area (Å²) >= 11 is 0. The average molecular weight is 546 g/mol. The molecule has 38 heavy (non-hydrogen) atoms. The summed E-state index contributed by atoms with van der Waals surface area (Å²) in [7, 11) is 1.43. The van der Waals surface area contributed by atoms with Gasteiger partial charge >= 0.3 is 12.1 Å². The minimum atomic E-state index is -4.95. The molecule has 0 aliphatic heterocycles. The van der Waals surface area contributed by atoms with Gasteiger partial charge in [-0.1, -0.05) is 43.3 Å². The lowest BCUT2D eigenvalue weighted by molar-refractivity contribution is -0.163. The number of ketones is 1. The summed E-state index contributed by atoms with van der Waals surface area (Å²) < 4.78 is 69.6. The van der Waals surface area contributed by atoms with Crippen LogP contribution in [-0.4, -0.2) is 56.4 Å². The van der Waals surface area contributed by atoms with Gasteiger partial charge in [-0.05, 0) is 41.7 Å². The van der Waals surface area contributed by atoms with E-state index in [1.165, 1.54) is 31.4 Å².